The number of carboxylic acid groups (broad SMARTS) is 1. The van der Waals surface area contributed by atoms with Gasteiger partial charge in [-0.1, -0.05) is 6.92 Å². The molecule has 2 amide bonds. The molecule has 0 spiro atoms. The molecule has 0 bridgehead atoms. The molecule has 1 atom stereocenters. The van der Waals surface area contributed by atoms with Crippen molar-refractivity contribution in [1.82, 2.24) is 10.2 Å². The van der Waals surface area contributed by atoms with Crippen molar-refractivity contribution in [2.24, 2.45) is 0 Å². The fourth-order valence-electron chi connectivity index (χ4n) is 1.83. The quantitative estimate of drug-likeness (QED) is 0.631. The lowest BCUT2D eigenvalue weighted by Crippen LogP contribution is -2.53. The SMILES string of the molecule is CCC(NC(=O)N(CCO)C1CCC1)C(=O)O. The van der Waals surface area contributed by atoms with Crippen LogP contribution in [-0.2, 0) is 4.79 Å². The molecule has 0 saturated heterocycles. The van der Waals surface area contributed by atoms with Crippen molar-refractivity contribution in [1.29, 1.82) is 0 Å². The topological polar surface area (TPSA) is 89.9 Å². The zero-order valence-corrected chi connectivity index (χ0v) is 10.1. The monoisotopic (exact) mass is 244 g/mol. The first-order chi connectivity index (χ1) is 8.10. The molecule has 3 N–H and O–H groups in total. The van der Waals surface area contributed by atoms with Gasteiger partial charge in [0.25, 0.3) is 0 Å². The molecule has 1 rings (SSSR count). The molecule has 0 heterocycles. The molecule has 0 aromatic carbocycles. The van der Waals surface area contributed by atoms with Crippen LogP contribution in [0.5, 0.6) is 0 Å². The van der Waals surface area contributed by atoms with Gasteiger partial charge in [-0.15, -0.1) is 0 Å². The molecule has 1 unspecified atom stereocenters. The molecule has 0 aromatic heterocycles. The van der Waals surface area contributed by atoms with Gasteiger partial charge in [-0.25, -0.2) is 9.59 Å². The Hall–Kier alpha value is -1.30. The standard InChI is InChI=1S/C11H20N2O4/c1-2-9(10(15)16)12-11(17)13(6-7-14)8-4-3-5-8/h8-9,14H,2-7H2,1H3,(H,12,17)(H,15,16). The first-order valence-corrected chi connectivity index (χ1v) is 6.01. The van der Waals surface area contributed by atoms with Crippen LogP contribution in [0, 0.1) is 0 Å². The molecule has 17 heavy (non-hydrogen) atoms. The Bertz CT molecular complexity index is 279. The van der Waals surface area contributed by atoms with E-state index in [9.17, 15) is 9.59 Å². The predicted octanol–water partition coefficient (Wildman–Crippen LogP) is 0.406. The summed E-state index contributed by atoms with van der Waals surface area (Å²) in [5.41, 5.74) is 0. The number of nitrogens with zero attached hydrogens (tertiary/aromatic N) is 1. The third-order valence-corrected chi connectivity index (χ3v) is 3.12. The van der Waals surface area contributed by atoms with Gasteiger partial charge < -0.3 is 20.4 Å². The second-order valence-electron chi connectivity index (χ2n) is 4.25. The van der Waals surface area contributed by atoms with Crippen LogP contribution in [0.15, 0.2) is 0 Å². The largest absolute Gasteiger partial charge is 0.480 e. The molecule has 1 aliphatic carbocycles. The minimum absolute atomic E-state index is 0.103. The average molecular weight is 244 g/mol. The number of nitrogens with one attached hydrogen (secondary N) is 1. The molecule has 1 aliphatic rings. The van der Waals surface area contributed by atoms with E-state index < -0.39 is 18.0 Å². The van der Waals surface area contributed by atoms with Gasteiger partial charge in [0.2, 0.25) is 0 Å². The lowest BCUT2D eigenvalue weighted by atomic mass is 9.91. The van der Waals surface area contributed by atoms with Crippen molar-refractivity contribution in [3.05, 3.63) is 0 Å². The van der Waals surface area contributed by atoms with E-state index in [2.05, 4.69) is 5.32 Å². The molecular weight excluding hydrogens is 224 g/mol. The third kappa shape index (κ3) is 3.59. The summed E-state index contributed by atoms with van der Waals surface area (Å²) in [6, 6.07) is -1.10. The minimum atomic E-state index is -1.03. The predicted molar refractivity (Wildman–Crippen MR) is 61.7 cm³/mol. The van der Waals surface area contributed by atoms with Gasteiger partial charge in [-0.05, 0) is 25.7 Å². The van der Waals surface area contributed by atoms with E-state index in [1.54, 1.807) is 6.92 Å². The number of carbonyl (C=O) groups is 2. The van der Waals surface area contributed by atoms with E-state index >= 15 is 0 Å². The number of aliphatic carboxylic acids is 1. The zero-order valence-electron chi connectivity index (χ0n) is 10.1. The Balaban J connectivity index is 2.54. The number of hydrogen-bond acceptors (Lipinski definition) is 3. The van der Waals surface area contributed by atoms with E-state index in [1.165, 1.54) is 4.90 Å². The fourth-order valence-corrected chi connectivity index (χ4v) is 1.83. The first kappa shape index (κ1) is 13.8. The summed E-state index contributed by atoms with van der Waals surface area (Å²) in [4.78, 5) is 24.2. The maximum absolute atomic E-state index is 11.9. The Kier molecular flexibility index (Phi) is 5.21. The summed E-state index contributed by atoms with van der Waals surface area (Å²) in [6.45, 7) is 1.86. The maximum Gasteiger partial charge on any atom is 0.326 e. The van der Waals surface area contributed by atoms with Crippen LogP contribution >= 0.6 is 0 Å². The van der Waals surface area contributed by atoms with Crippen LogP contribution in [0.4, 0.5) is 4.79 Å². The summed E-state index contributed by atoms with van der Waals surface area (Å²) in [6.07, 6.45) is 3.28. The average Bonchev–Trinajstić information content (AvgIpc) is 2.22. The first-order valence-electron chi connectivity index (χ1n) is 6.01. The number of hydrogen-bond donors (Lipinski definition) is 3. The van der Waals surface area contributed by atoms with Crippen molar-refractivity contribution in [3.63, 3.8) is 0 Å². The van der Waals surface area contributed by atoms with Gasteiger partial charge in [0.15, 0.2) is 0 Å². The van der Waals surface area contributed by atoms with Crippen molar-refractivity contribution >= 4 is 12.0 Å². The van der Waals surface area contributed by atoms with Crippen molar-refractivity contribution in [3.8, 4) is 0 Å². The number of aliphatic hydroxyl groups is 1. The highest BCUT2D eigenvalue weighted by Crippen LogP contribution is 2.24. The third-order valence-electron chi connectivity index (χ3n) is 3.12. The second kappa shape index (κ2) is 6.44. The lowest BCUT2D eigenvalue weighted by Gasteiger charge is -2.37. The molecule has 0 aliphatic heterocycles. The fraction of sp³-hybridized carbons (Fsp3) is 0.818. The summed E-state index contributed by atoms with van der Waals surface area (Å²) in [5, 5.41) is 20.3. The van der Waals surface area contributed by atoms with Crippen LogP contribution in [0.1, 0.15) is 32.6 Å². The van der Waals surface area contributed by atoms with E-state index in [0.717, 1.165) is 19.3 Å². The summed E-state index contributed by atoms with van der Waals surface area (Å²) < 4.78 is 0. The van der Waals surface area contributed by atoms with Crippen molar-refractivity contribution < 1.29 is 19.8 Å². The highest BCUT2D eigenvalue weighted by Gasteiger charge is 2.30. The van der Waals surface area contributed by atoms with Gasteiger partial charge in [0.05, 0.1) is 6.61 Å². The van der Waals surface area contributed by atoms with Crippen LogP contribution in [-0.4, -0.2) is 52.3 Å². The number of carboxylic acids is 1. The molecule has 0 radical (unpaired) electrons. The highest BCUT2D eigenvalue weighted by molar-refractivity contribution is 5.82. The molecule has 6 heteroatoms. The molecule has 6 nitrogen and oxygen atoms in total. The second-order valence-corrected chi connectivity index (χ2v) is 4.25. The van der Waals surface area contributed by atoms with Crippen molar-refractivity contribution in [2.75, 3.05) is 13.2 Å². The Morgan fingerprint density at radius 2 is 2.12 bits per heavy atom. The summed E-state index contributed by atoms with van der Waals surface area (Å²) in [5.74, 6) is -1.03. The maximum atomic E-state index is 11.9. The van der Waals surface area contributed by atoms with Crippen LogP contribution < -0.4 is 5.32 Å². The van der Waals surface area contributed by atoms with E-state index in [-0.39, 0.29) is 19.2 Å². The van der Waals surface area contributed by atoms with Gasteiger partial charge in [-0.2, -0.15) is 0 Å². The van der Waals surface area contributed by atoms with Gasteiger partial charge in [0.1, 0.15) is 6.04 Å². The van der Waals surface area contributed by atoms with E-state index in [4.69, 9.17) is 10.2 Å². The molecular formula is C11H20N2O4. The van der Waals surface area contributed by atoms with E-state index in [0.29, 0.717) is 6.42 Å². The Labute approximate surface area is 101 Å². The molecule has 98 valence electrons. The number of carbonyl (C=O) groups excluding carboxylic acids is 1. The van der Waals surface area contributed by atoms with Gasteiger partial charge in [0, 0.05) is 12.6 Å². The number of urea groups is 1. The number of rotatable bonds is 6. The normalized spacial score (nSPS) is 17.1. The Morgan fingerprint density at radius 1 is 1.47 bits per heavy atom. The van der Waals surface area contributed by atoms with Gasteiger partial charge in [-0.3, -0.25) is 0 Å². The Morgan fingerprint density at radius 3 is 2.47 bits per heavy atom. The lowest BCUT2D eigenvalue weighted by molar-refractivity contribution is -0.139. The molecule has 1 saturated carbocycles. The summed E-state index contributed by atoms with van der Waals surface area (Å²) in [7, 11) is 0. The highest BCUT2D eigenvalue weighted by atomic mass is 16.4. The molecule has 1 fully saturated rings. The number of aliphatic hydroxyl groups excluding tert-OH is 1. The number of amides is 2. The van der Waals surface area contributed by atoms with Crippen LogP contribution in [0.2, 0.25) is 0 Å². The zero-order chi connectivity index (χ0) is 12.8. The van der Waals surface area contributed by atoms with Crippen LogP contribution in [0.3, 0.4) is 0 Å². The molecule has 0 aromatic rings. The minimum Gasteiger partial charge on any atom is -0.480 e. The van der Waals surface area contributed by atoms with Crippen LogP contribution in [0.25, 0.3) is 0 Å². The van der Waals surface area contributed by atoms with Crippen molar-refractivity contribution in [2.45, 2.75) is 44.7 Å². The van der Waals surface area contributed by atoms with E-state index in [1.807, 2.05) is 0 Å². The smallest absolute Gasteiger partial charge is 0.326 e. The summed E-state index contributed by atoms with van der Waals surface area (Å²) >= 11 is 0. The van der Waals surface area contributed by atoms with Gasteiger partial charge >= 0.3 is 12.0 Å².